The van der Waals surface area contributed by atoms with Crippen molar-refractivity contribution in [3.8, 4) is 0 Å². The highest BCUT2D eigenvalue weighted by molar-refractivity contribution is 8.14. The number of nitrogens with zero attached hydrogens (tertiary/aromatic N) is 1. The van der Waals surface area contributed by atoms with Crippen LogP contribution in [0.2, 0.25) is 0 Å². The van der Waals surface area contributed by atoms with E-state index in [0.29, 0.717) is 16.0 Å². The van der Waals surface area contributed by atoms with E-state index in [9.17, 15) is 0 Å². The molecule has 0 aliphatic carbocycles. The molecule has 0 aliphatic heterocycles. The lowest BCUT2D eigenvalue weighted by Crippen LogP contribution is -2.09. The third-order valence-electron chi connectivity index (χ3n) is 0.504. The van der Waals surface area contributed by atoms with E-state index in [-0.39, 0.29) is 0 Å². The van der Waals surface area contributed by atoms with Crippen molar-refractivity contribution in [3.05, 3.63) is 11.6 Å². The molecule has 0 unspecified atom stereocenters. The summed E-state index contributed by atoms with van der Waals surface area (Å²) in [7, 11) is 0. The lowest BCUT2D eigenvalue weighted by atomic mass is 10.7. The summed E-state index contributed by atoms with van der Waals surface area (Å²) >= 11 is 6.67. The van der Waals surface area contributed by atoms with Gasteiger partial charge in [-0.05, 0) is 0 Å². The number of rotatable bonds is 2. The molecule has 0 amide bonds. The van der Waals surface area contributed by atoms with Crippen LogP contribution in [0.15, 0.2) is 16.7 Å². The van der Waals surface area contributed by atoms with Gasteiger partial charge in [-0.25, -0.2) is 0 Å². The van der Waals surface area contributed by atoms with Crippen molar-refractivity contribution in [1.29, 1.82) is 0 Å². The van der Waals surface area contributed by atoms with Crippen molar-refractivity contribution in [2.75, 3.05) is 5.75 Å². The second-order valence-corrected chi connectivity index (χ2v) is 2.80. The molecule has 0 saturated carbocycles. The van der Waals surface area contributed by atoms with Gasteiger partial charge in [0, 0.05) is 10.8 Å². The fraction of sp³-hybridized carbons (Fsp3) is 0.250. The van der Waals surface area contributed by atoms with Crippen molar-refractivity contribution in [2.45, 2.75) is 0 Å². The molecule has 52 valence electrons. The van der Waals surface area contributed by atoms with Gasteiger partial charge < -0.3 is 11.6 Å². The van der Waals surface area contributed by atoms with Gasteiger partial charge in [0.25, 0.3) is 0 Å². The van der Waals surface area contributed by atoms with Crippen LogP contribution in [0.3, 0.4) is 0 Å². The molecular formula is C4H8ClN3S. The van der Waals surface area contributed by atoms with E-state index in [2.05, 4.69) is 11.7 Å². The largest absolute Gasteiger partial charge is 0.377 e. The van der Waals surface area contributed by atoms with Crippen LogP contribution >= 0.6 is 23.4 Å². The number of hydrazone groups is 1. The van der Waals surface area contributed by atoms with Gasteiger partial charge in [-0.2, -0.15) is 5.10 Å². The Bertz CT molecular complexity index is 134. The summed E-state index contributed by atoms with van der Waals surface area (Å²) < 4.78 is 0. The van der Waals surface area contributed by atoms with Crippen LogP contribution in [0.4, 0.5) is 0 Å². The average molecular weight is 166 g/mol. The lowest BCUT2D eigenvalue weighted by molar-refractivity contribution is 1.25. The second-order valence-electron chi connectivity index (χ2n) is 1.27. The average Bonchev–Trinajstić information content (AvgIpc) is 1.83. The SMILES string of the molecule is C=C(Cl)CSC(N)=NN. The summed E-state index contributed by atoms with van der Waals surface area (Å²) in [4.78, 5) is 0. The highest BCUT2D eigenvalue weighted by atomic mass is 35.5. The second kappa shape index (κ2) is 4.52. The first kappa shape index (κ1) is 8.65. The molecule has 0 radical (unpaired) electrons. The Balaban J connectivity index is 3.39. The molecule has 0 rings (SSSR count). The molecule has 0 fully saturated rings. The molecule has 0 saturated heterocycles. The molecule has 3 nitrogen and oxygen atoms in total. The summed E-state index contributed by atoms with van der Waals surface area (Å²) in [6.07, 6.45) is 0. The van der Waals surface area contributed by atoms with Gasteiger partial charge >= 0.3 is 0 Å². The molecule has 0 heterocycles. The van der Waals surface area contributed by atoms with E-state index >= 15 is 0 Å². The molecule has 5 heteroatoms. The molecule has 0 aliphatic rings. The zero-order valence-corrected chi connectivity index (χ0v) is 6.37. The predicted molar refractivity (Wildman–Crippen MR) is 43.3 cm³/mol. The Hall–Kier alpha value is -0.350. The summed E-state index contributed by atoms with van der Waals surface area (Å²) in [5.74, 6) is 5.38. The highest BCUT2D eigenvalue weighted by Gasteiger charge is 1.92. The molecule has 0 aromatic heterocycles. The van der Waals surface area contributed by atoms with Crippen LogP contribution in [0, 0.1) is 0 Å². The monoisotopic (exact) mass is 165 g/mol. The molecule has 0 atom stereocenters. The lowest BCUT2D eigenvalue weighted by Gasteiger charge is -1.94. The van der Waals surface area contributed by atoms with Gasteiger partial charge in [0.15, 0.2) is 5.17 Å². The maximum atomic E-state index is 5.41. The molecular weight excluding hydrogens is 158 g/mol. The first-order valence-electron chi connectivity index (χ1n) is 2.16. The van der Waals surface area contributed by atoms with E-state index in [4.69, 9.17) is 23.2 Å². The van der Waals surface area contributed by atoms with Crippen LogP contribution in [-0.2, 0) is 0 Å². The van der Waals surface area contributed by atoms with E-state index in [1.807, 2.05) is 0 Å². The fourth-order valence-electron chi connectivity index (χ4n) is 0.190. The quantitative estimate of drug-likeness (QED) is 0.274. The summed E-state index contributed by atoms with van der Waals surface area (Å²) in [5.41, 5.74) is 5.21. The van der Waals surface area contributed by atoms with Crippen molar-refractivity contribution >= 4 is 28.5 Å². The van der Waals surface area contributed by atoms with Crippen LogP contribution in [0.1, 0.15) is 0 Å². The number of halogens is 1. The Kier molecular flexibility index (Phi) is 4.35. The Morgan fingerprint density at radius 2 is 2.33 bits per heavy atom. The van der Waals surface area contributed by atoms with E-state index in [1.165, 1.54) is 11.8 Å². The van der Waals surface area contributed by atoms with E-state index in [0.717, 1.165) is 0 Å². The summed E-state index contributed by atoms with van der Waals surface area (Å²) in [6, 6.07) is 0. The number of amidine groups is 1. The Labute approximate surface area is 63.1 Å². The maximum Gasteiger partial charge on any atom is 0.177 e. The zero-order valence-electron chi connectivity index (χ0n) is 4.80. The smallest absolute Gasteiger partial charge is 0.177 e. The normalized spacial score (nSPS) is 11.4. The third kappa shape index (κ3) is 5.52. The summed E-state index contributed by atoms with van der Waals surface area (Å²) in [6.45, 7) is 3.45. The van der Waals surface area contributed by atoms with Gasteiger partial charge in [0.05, 0.1) is 0 Å². The number of nitrogens with two attached hydrogens (primary N) is 2. The molecule has 0 aromatic carbocycles. The molecule has 9 heavy (non-hydrogen) atoms. The summed E-state index contributed by atoms with van der Waals surface area (Å²) in [5, 5.41) is 4.07. The van der Waals surface area contributed by atoms with Gasteiger partial charge in [0.1, 0.15) is 0 Å². The van der Waals surface area contributed by atoms with Crippen molar-refractivity contribution in [1.82, 2.24) is 0 Å². The Morgan fingerprint density at radius 1 is 1.78 bits per heavy atom. The van der Waals surface area contributed by atoms with Gasteiger partial charge in [-0.15, -0.1) is 0 Å². The first-order valence-corrected chi connectivity index (χ1v) is 3.52. The van der Waals surface area contributed by atoms with Gasteiger partial charge in [0.2, 0.25) is 0 Å². The third-order valence-corrected chi connectivity index (χ3v) is 1.69. The van der Waals surface area contributed by atoms with Crippen molar-refractivity contribution in [3.63, 3.8) is 0 Å². The standard InChI is InChI=1S/C4H8ClN3S/c1-3(5)2-9-4(6)8-7/h1-2,7H2,(H2,6,8). The zero-order chi connectivity index (χ0) is 7.28. The van der Waals surface area contributed by atoms with Crippen LogP contribution in [0.5, 0.6) is 0 Å². The van der Waals surface area contributed by atoms with Crippen LogP contribution in [-0.4, -0.2) is 10.9 Å². The topological polar surface area (TPSA) is 64.4 Å². The number of thioether (sulfide) groups is 1. The molecule has 0 bridgehead atoms. The van der Waals surface area contributed by atoms with Gasteiger partial charge in [-0.1, -0.05) is 29.9 Å². The van der Waals surface area contributed by atoms with Crippen LogP contribution < -0.4 is 11.6 Å². The molecule has 0 spiro atoms. The molecule has 0 aromatic rings. The van der Waals surface area contributed by atoms with Crippen LogP contribution in [0.25, 0.3) is 0 Å². The minimum Gasteiger partial charge on any atom is -0.377 e. The fourth-order valence-corrected chi connectivity index (χ4v) is 0.732. The number of hydrogen-bond acceptors (Lipinski definition) is 3. The predicted octanol–water partition coefficient (Wildman–Crippen LogP) is 0.661. The van der Waals surface area contributed by atoms with Crippen molar-refractivity contribution < 1.29 is 0 Å². The van der Waals surface area contributed by atoms with E-state index in [1.54, 1.807) is 0 Å². The van der Waals surface area contributed by atoms with Gasteiger partial charge in [-0.3, -0.25) is 0 Å². The minimum absolute atomic E-state index is 0.316. The first-order chi connectivity index (χ1) is 4.16. The van der Waals surface area contributed by atoms with E-state index < -0.39 is 0 Å². The maximum absolute atomic E-state index is 5.41. The van der Waals surface area contributed by atoms with Crippen molar-refractivity contribution in [2.24, 2.45) is 16.7 Å². The highest BCUT2D eigenvalue weighted by Crippen LogP contribution is 2.07. The minimum atomic E-state index is 0.316. The number of hydrogen-bond donors (Lipinski definition) is 2. The Morgan fingerprint density at radius 3 is 2.67 bits per heavy atom. The molecule has 4 N–H and O–H groups in total.